The molecule has 3 heteroatoms. The van der Waals surface area contributed by atoms with Gasteiger partial charge in [-0.05, 0) is 24.1 Å². The van der Waals surface area contributed by atoms with Gasteiger partial charge in [0.1, 0.15) is 0 Å². The largest absolute Gasteiger partial charge is 0.341 e. The van der Waals surface area contributed by atoms with Crippen LogP contribution in [0.25, 0.3) is 0 Å². The molecule has 1 aromatic rings. The molecule has 0 saturated heterocycles. The van der Waals surface area contributed by atoms with Crippen molar-refractivity contribution in [3.05, 3.63) is 33.8 Å². The highest BCUT2D eigenvalue weighted by Crippen LogP contribution is 2.33. The average Bonchev–Trinajstić information content (AvgIpc) is 2.14. The fraction of sp³-hybridized carbons (Fsp3) is 0.364. The normalized spacial score (nSPS) is 20.9. The van der Waals surface area contributed by atoms with Crippen LogP contribution in [0.5, 0.6) is 0 Å². The van der Waals surface area contributed by atoms with Crippen LogP contribution in [0.4, 0.5) is 0 Å². The zero-order chi connectivity index (χ0) is 10.3. The molecule has 14 heavy (non-hydrogen) atoms. The van der Waals surface area contributed by atoms with E-state index in [0.717, 1.165) is 16.6 Å². The van der Waals surface area contributed by atoms with E-state index in [9.17, 15) is 4.79 Å². The maximum absolute atomic E-state index is 11.7. The maximum Gasteiger partial charge on any atom is 0.229 e. The second-order valence-corrected chi connectivity index (χ2v) is 4.58. The second-order valence-electron chi connectivity index (χ2n) is 3.73. The molecule has 1 amide bonds. The number of likely N-dealkylation sites (N-methyl/N-ethyl adjacent to an activating group) is 1. The highest BCUT2D eigenvalue weighted by atomic mass is 79.9. The van der Waals surface area contributed by atoms with Gasteiger partial charge in [-0.1, -0.05) is 28.1 Å². The summed E-state index contributed by atoms with van der Waals surface area (Å²) in [6.07, 6.45) is 0. The van der Waals surface area contributed by atoms with Crippen molar-refractivity contribution in [2.24, 2.45) is 0 Å². The first-order chi connectivity index (χ1) is 6.61. The van der Waals surface area contributed by atoms with Gasteiger partial charge in [0.15, 0.2) is 0 Å². The van der Waals surface area contributed by atoms with E-state index in [0.29, 0.717) is 0 Å². The Kier molecular flexibility index (Phi) is 2.35. The molecular formula is C11H12BrNO. The summed E-state index contributed by atoms with van der Waals surface area (Å²) in [6, 6.07) is 6.09. The standard InChI is InChI=1S/C11H12BrNO/c1-7-10-8(4-3-5-9(10)12)6-13(2)11(7)14/h3-5,7H,6H2,1-2H3. The van der Waals surface area contributed by atoms with Crippen molar-refractivity contribution in [2.45, 2.75) is 19.4 Å². The summed E-state index contributed by atoms with van der Waals surface area (Å²) < 4.78 is 1.05. The van der Waals surface area contributed by atoms with Gasteiger partial charge in [0.25, 0.3) is 0 Å². The summed E-state index contributed by atoms with van der Waals surface area (Å²) >= 11 is 3.50. The van der Waals surface area contributed by atoms with Crippen LogP contribution in [0, 0.1) is 0 Å². The third-order valence-electron chi connectivity index (χ3n) is 2.73. The average molecular weight is 254 g/mol. The van der Waals surface area contributed by atoms with Crippen LogP contribution in [0.1, 0.15) is 24.0 Å². The van der Waals surface area contributed by atoms with Crippen molar-refractivity contribution in [2.75, 3.05) is 7.05 Å². The lowest BCUT2D eigenvalue weighted by Gasteiger charge is -2.30. The van der Waals surface area contributed by atoms with Crippen LogP contribution in [0.2, 0.25) is 0 Å². The number of carbonyl (C=O) groups is 1. The zero-order valence-electron chi connectivity index (χ0n) is 8.25. The van der Waals surface area contributed by atoms with Crippen LogP contribution >= 0.6 is 15.9 Å². The lowest BCUT2D eigenvalue weighted by atomic mass is 9.91. The Hall–Kier alpha value is -0.830. The van der Waals surface area contributed by atoms with E-state index in [1.807, 2.05) is 26.1 Å². The van der Waals surface area contributed by atoms with Gasteiger partial charge in [-0.3, -0.25) is 4.79 Å². The van der Waals surface area contributed by atoms with Crippen LogP contribution < -0.4 is 0 Å². The Morgan fingerprint density at radius 1 is 1.50 bits per heavy atom. The lowest BCUT2D eigenvalue weighted by molar-refractivity contribution is -0.132. The molecule has 0 radical (unpaired) electrons. The third kappa shape index (κ3) is 1.36. The van der Waals surface area contributed by atoms with Crippen molar-refractivity contribution in [3.63, 3.8) is 0 Å². The predicted octanol–water partition coefficient (Wildman–Crippen LogP) is 2.52. The van der Waals surface area contributed by atoms with Crippen molar-refractivity contribution >= 4 is 21.8 Å². The number of hydrogen-bond donors (Lipinski definition) is 0. The third-order valence-corrected chi connectivity index (χ3v) is 3.42. The summed E-state index contributed by atoms with van der Waals surface area (Å²) in [6.45, 7) is 2.68. The Morgan fingerprint density at radius 2 is 2.21 bits per heavy atom. The van der Waals surface area contributed by atoms with Crippen LogP contribution in [0.15, 0.2) is 22.7 Å². The van der Waals surface area contributed by atoms with E-state index in [4.69, 9.17) is 0 Å². The molecule has 1 aromatic carbocycles. The van der Waals surface area contributed by atoms with Crippen LogP contribution in [0.3, 0.4) is 0 Å². The van der Waals surface area contributed by atoms with Crippen LogP contribution in [-0.4, -0.2) is 17.9 Å². The number of amides is 1. The zero-order valence-corrected chi connectivity index (χ0v) is 9.84. The fourth-order valence-corrected chi connectivity index (χ4v) is 2.74. The van der Waals surface area contributed by atoms with E-state index >= 15 is 0 Å². The van der Waals surface area contributed by atoms with Gasteiger partial charge in [0, 0.05) is 18.1 Å². The van der Waals surface area contributed by atoms with E-state index in [1.54, 1.807) is 4.90 Å². The molecule has 0 fully saturated rings. The minimum atomic E-state index is -0.0284. The Labute approximate surface area is 92.0 Å². The molecule has 1 atom stereocenters. The molecule has 1 unspecified atom stereocenters. The number of benzene rings is 1. The molecule has 1 aliphatic rings. The van der Waals surface area contributed by atoms with Gasteiger partial charge >= 0.3 is 0 Å². The molecule has 74 valence electrons. The molecule has 1 heterocycles. The molecule has 1 aliphatic heterocycles. The molecule has 0 bridgehead atoms. The number of carbonyl (C=O) groups excluding carboxylic acids is 1. The predicted molar refractivity (Wildman–Crippen MR) is 59.0 cm³/mol. The van der Waals surface area contributed by atoms with Gasteiger partial charge in [-0.15, -0.1) is 0 Å². The SMILES string of the molecule is CC1C(=O)N(C)Cc2cccc(Br)c21. The molecule has 0 aromatic heterocycles. The quantitative estimate of drug-likeness (QED) is 0.696. The topological polar surface area (TPSA) is 20.3 Å². The van der Waals surface area contributed by atoms with E-state index in [-0.39, 0.29) is 11.8 Å². The van der Waals surface area contributed by atoms with E-state index in [1.165, 1.54) is 5.56 Å². The number of hydrogen-bond acceptors (Lipinski definition) is 1. The molecule has 0 saturated carbocycles. The van der Waals surface area contributed by atoms with Crippen molar-refractivity contribution in [3.8, 4) is 0 Å². The highest BCUT2D eigenvalue weighted by Gasteiger charge is 2.28. The smallest absolute Gasteiger partial charge is 0.229 e. The number of nitrogens with zero attached hydrogens (tertiary/aromatic N) is 1. The van der Waals surface area contributed by atoms with Gasteiger partial charge in [-0.25, -0.2) is 0 Å². The van der Waals surface area contributed by atoms with Gasteiger partial charge in [0.2, 0.25) is 5.91 Å². The molecule has 0 N–H and O–H groups in total. The van der Waals surface area contributed by atoms with E-state index < -0.39 is 0 Å². The number of halogens is 1. The minimum absolute atomic E-state index is 0.0284. The molecule has 0 spiro atoms. The highest BCUT2D eigenvalue weighted by molar-refractivity contribution is 9.10. The summed E-state index contributed by atoms with van der Waals surface area (Å²) in [5.74, 6) is 0.170. The number of fused-ring (bicyclic) bond motifs is 1. The molecule has 2 rings (SSSR count). The monoisotopic (exact) mass is 253 g/mol. The number of rotatable bonds is 0. The summed E-state index contributed by atoms with van der Waals surface area (Å²) in [5.41, 5.74) is 2.39. The summed E-state index contributed by atoms with van der Waals surface area (Å²) in [7, 11) is 1.85. The van der Waals surface area contributed by atoms with Crippen molar-refractivity contribution in [1.82, 2.24) is 4.90 Å². The Morgan fingerprint density at radius 3 is 2.93 bits per heavy atom. The second kappa shape index (κ2) is 3.39. The lowest BCUT2D eigenvalue weighted by Crippen LogP contribution is -2.35. The van der Waals surface area contributed by atoms with Crippen molar-refractivity contribution in [1.29, 1.82) is 0 Å². The first-order valence-corrected chi connectivity index (χ1v) is 5.43. The first kappa shape index (κ1) is 9.71. The Balaban J connectivity index is 2.56. The summed E-state index contributed by atoms with van der Waals surface area (Å²) in [4.78, 5) is 13.5. The first-order valence-electron chi connectivity index (χ1n) is 4.63. The fourth-order valence-electron chi connectivity index (χ4n) is 1.99. The summed E-state index contributed by atoms with van der Waals surface area (Å²) in [5, 5.41) is 0. The maximum atomic E-state index is 11.7. The molecular weight excluding hydrogens is 242 g/mol. The van der Waals surface area contributed by atoms with E-state index in [2.05, 4.69) is 22.0 Å². The molecule has 0 aliphatic carbocycles. The van der Waals surface area contributed by atoms with Crippen LogP contribution in [-0.2, 0) is 11.3 Å². The molecule has 2 nitrogen and oxygen atoms in total. The van der Waals surface area contributed by atoms with Gasteiger partial charge in [-0.2, -0.15) is 0 Å². The van der Waals surface area contributed by atoms with Gasteiger partial charge in [0.05, 0.1) is 5.92 Å². The minimum Gasteiger partial charge on any atom is -0.341 e. The van der Waals surface area contributed by atoms with Gasteiger partial charge < -0.3 is 4.90 Å². The Bertz CT molecular complexity index is 389. The van der Waals surface area contributed by atoms with Crippen molar-refractivity contribution < 1.29 is 4.79 Å².